The summed E-state index contributed by atoms with van der Waals surface area (Å²) in [5, 5.41) is 5.05. The smallest absolute Gasteiger partial charge is 0.255 e. The van der Waals surface area contributed by atoms with Gasteiger partial charge >= 0.3 is 0 Å². The van der Waals surface area contributed by atoms with Crippen molar-refractivity contribution < 1.29 is 13.6 Å². The van der Waals surface area contributed by atoms with Crippen molar-refractivity contribution >= 4 is 17.7 Å². The predicted molar refractivity (Wildman–Crippen MR) is 43.3 cm³/mol. The Labute approximate surface area is 73.3 Å². The molecule has 0 bridgehead atoms. The average Bonchev–Trinajstić information content (AvgIpc) is 2.51. The second kappa shape index (κ2) is 4.61. The fourth-order valence-electron chi connectivity index (χ4n) is 0.865. The second-order valence-electron chi connectivity index (χ2n) is 2.41. The lowest BCUT2D eigenvalue weighted by atomic mass is 10.3. The first-order valence-corrected chi connectivity index (χ1v) is 4.72. The molecule has 0 aromatic rings. The standard InChI is InChI=1S/C6H10F2N2OS/c7-5(8)1-9-6(11)4-2-12-3-10-4/h4-5,10H,1-3H2,(H,9,11). The summed E-state index contributed by atoms with van der Waals surface area (Å²) >= 11 is 1.59. The molecule has 0 aliphatic carbocycles. The van der Waals surface area contributed by atoms with E-state index in [0.29, 0.717) is 11.6 Å². The number of hydrogen-bond donors (Lipinski definition) is 2. The number of alkyl halides is 2. The van der Waals surface area contributed by atoms with E-state index in [9.17, 15) is 13.6 Å². The molecule has 70 valence electrons. The van der Waals surface area contributed by atoms with Gasteiger partial charge in [0.15, 0.2) is 0 Å². The maximum Gasteiger partial charge on any atom is 0.255 e. The number of carbonyl (C=O) groups excluding carboxylic acids is 1. The minimum Gasteiger partial charge on any atom is -0.349 e. The first-order valence-electron chi connectivity index (χ1n) is 3.57. The Morgan fingerprint density at radius 3 is 3.00 bits per heavy atom. The number of nitrogens with one attached hydrogen (secondary N) is 2. The first kappa shape index (κ1) is 9.73. The fourth-order valence-corrected chi connectivity index (χ4v) is 1.81. The topological polar surface area (TPSA) is 41.1 Å². The molecule has 0 aromatic heterocycles. The Balaban J connectivity index is 2.18. The van der Waals surface area contributed by atoms with E-state index in [-0.39, 0.29) is 11.9 Å². The van der Waals surface area contributed by atoms with Gasteiger partial charge in [0.1, 0.15) is 0 Å². The minimum atomic E-state index is -2.47. The van der Waals surface area contributed by atoms with Crippen LogP contribution in [0.2, 0.25) is 0 Å². The van der Waals surface area contributed by atoms with E-state index in [1.165, 1.54) is 0 Å². The molecule has 0 saturated carbocycles. The summed E-state index contributed by atoms with van der Waals surface area (Å²) in [7, 11) is 0. The normalized spacial score (nSPS) is 23.1. The van der Waals surface area contributed by atoms with Crippen molar-refractivity contribution in [2.45, 2.75) is 12.5 Å². The number of rotatable bonds is 3. The van der Waals surface area contributed by atoms with Crippen molar-refractivity contribution in [3.05, 3.63) is 0 Å². The fraction of sp³-hybridized carbons (Fsp3) is 0.833. The third-order valence-corrected chi connectivity index (χ3v) is 2.40. The number of amides is 1. The molecule has 1 heterocycles. The molecule has 0 radical (unpaired) electrons. The van der Waals surface area contributed by atoms with Crippen molar-refractivity contribution in [2.75, 3.05) is 18.2 Å². The Morgan fingerprint density at radius 1 is 1.75 bits per heavy atom. The molecule has 2 N–H and O–H groups in total. The first-order chi connectivity index (χ1) is 5.70. The molecule has 0 aromatic carbocycles. The SMILES string of the molecule is O=C(NCC(F)F)C1CSCN1. The highest BCUT2D eigenvalue weighted by atomic mass is 32.2. The van der Waals surface area contributed by atoms with Crippen molar-refractivity contribution in [1.82, 2.24) is 10.6 Å². The number of thioether (sulfide) groups is 1. The van der Waals surface area contributed by atoms with Crippen LogP contribution < -0.4 is 10.6 Å². The van der Waals surface area contributed by atoms with Crippen LogP contribution in [0.15, 0.2) is 0 Å². The average molecular weight is 196 g/mol. The number of hydrogen-bond acceptors (Lipinski definition) is 3. The highest BCUT2D eigenvalue weighted by Gasteiger charge is 2.22. The largest absolute Gasteiger partial charge is 0.349 e. The van der Waals surface area contributed by atoms with Gasteiger partial charge in [-0.1, -0.05) is 0 Å². The lowest BCUT2D eigenvalue weighted by molar-refractivity contribution is -0.123. The highest BCUT2D eigenvalue weighted by molar-refractivity contribution is 7.99. The number of halogens is 2. The third kappa shape index (κ3) is 2.94. The van der Waals surface area contributed by atoms with E-state index in [4.69, 9.17) is 0 Å². The minimum absolute atomic E-state index is 0.297. The van der Waals surface area contributed by atoms with Crippen molar-refractivity contribution in [1.29, 1.82) is 0 Å². The zero-order chi connectivity index (χ0) is 8.97. The maximum absolute atomic E-state index is 11.6. The Morgan fingerprint density at radius 2 is 2.50 bits per heavy atom. The Bertz CT molecular complexity index is 162. The molecular formula is C6H10F2N2OS. The van der Waals surface area contributed by atoms with Crippen LogP contribution in [-0.4, -0.2) is 36.5 Å². The van der Waals surface area contributed by atoms with E-state index in [1.807, 2.05) is 0 Å². The lowest BCUT2D eigenvalue weighted by Crippen LogP contribution is -2.43. The van der Waals surface area contributed by atoms with Crippen LogP contribution in [0.5, 0.6) is 0 Å². The maximum atomic E-state index is 11.6. The van der Waals surface area contributed by atoms with Gasteiger partial charge in [0.25, 0.3) is 6.43 Å². The van der Waals surface area contributed by atoms with E-state index in [0.717, 1.165) is 0 Å². The van der Waals surface area contributed by atoms with Crippen LogP contribution in [0.3, 0.4) is 0 Å². The zero-order valence-corrected chi connectivity index (χ0v) is 7.16. The third-order valence-electron chi connectivity index (χ3n) is 1.46. The monoisotopic (exact) mass is 196 g/mol. The summed E-state index contributed by atoms with van der Waals surface area (Å²) < 4.78 is 23.3. The van der Waals surface area contributed by atoms with Crippen LogP contribution in [-0.2, 0) is 4.79 Å². The molecule has 1 aliphatic rings. The van der Waals surface area contributed by atoms with E-state index in [2.05, 4.69) is 10.6 Å². The van der Waals surface area contributed by atoms with Gasteiger partial charge < -0.3 is 5.32 Å². The van der Waals surface area contributed by atoms with Gasteiger partial charge in [-0.25, -0.2) is 8.78 Å². The van der Waals surface area contributed by atoms with Gasteiger partial charge in [0.05, 0.1) is 12.6 Å². The lowest BCUT2D eigenvalue weighted by Gasteiger charge is -2.09. The summed E-state index contributed by atoms with van der Waals surface area (Å²) in [5.74, 6) is 1.04. The van der Waals surface area contributed by atoms with Gasteiger partial charge in [0.2, 0.25) is 5.91 Å². The summed E-state index contributed by atoms with van der Waals surface area (Å²) in [6.45, 7) is -0.554. The van der Waals surface area contributed by atoms with Crippen molar-refractivity contribution in [2.24, 2.45) is 0 Å². The second-order valence-corrected chi connectivity index (χ2v) is 3.44. The van der Waals surface area contributed by atoms with E-state index >= 15 is 0 Å². The molecule has 1 rings (SSSR count). The molecule has 1 amide bonds. The van der Waals surface area contributed by atoms with Gasteiger partial charge in [-0.2, -0.15) is 0 Å². The molecule has 1 atom stereocenters. The summed E-state index contributed by atoms with van der Waals surface area (Å²) in [6.07, 6.45) is -2.47. The van der Waals surface area contributed by atoms with Crippen LogP contribution in [0.25, 0.3) is 0 Å². The van der Waals surface area contributed by atoms with Gasteiger partial charge in [0, 0.05) is 11.6 Å². The van der Waals surface area contributed by atoms with E-state index in [1.54, 1.807) is 11.8 Å². The highest BCUT2D eigenvalue weighted by Crippen LogP contribution is 2.09. The summed E-state index contributed by atoms with van der Waals surface area (Å²) in [5.41, 5.74) is 0. The zero-order valence-electron chi connectivity index (χ0n) is 6.35. The molecule has 1 fully saturated rings. The molecular weight excluding hydrogens is 186 g/mol. The predicted octanol–water partition coefficient (Wildman–Crippen LogP) is 0.0302. The molecule has 3 nitrogen and oxygen atoms in total. The Hall–Kier alpha value is -0.360. The van der Waals surface area contributed by atoms with Crippen molar-refractivity contribution in [3.63, 3.8) is 0 Å². The molecule has 0 spiro atoms. The van der Waals surface area contributed by atoms with E-state index < -0.39 is 13.0 Å². The van der Waals surface area contributed by atoms with Gasteiger partial charge in [-0.05, 0) is 0 Å². The van der Waals surface area contributed by atoms with Gasteiger partial charge in [-0.15, -0.1) is 11.8 Å². The molecule has 1 aliphatic heterocycles. The van der Waals surface area contributed by atoms with Crippen molar-refractivity contribution in [3.8, 4) is 0 Å². The van der Waals surface area contributed by atoms with Crippen LogP contribution in [0.1, 0.15) is 0 Å². The summed E-state index contributed by atoms with van der Waals surface area (Å²) in [4.78, 5) is 11.0. The molecule has 12 heavy (non-hydrogen) atoms. The molecule has 1 saturated heterocycles. The Kier molecular flexibility index (Phi) is 3.74. The number of carbonyl (C=O) groups is 1. The van der Waals surface area contributed by atoms with Crippen LogP contribution in [0, 0.1) is 0 Å². The van der Waals surface area contributed by atoms with Crippen LogP contribution in [0.4, 0.5) is 8.78 Å². The summed E-state index contributed by atoms with van der Waals surface area (Å²) in [6, 6.07) is -0.297. The molecule has 6 heteroatoms. The van der Waals surface area contributed by atoms with Gasteiger partial charge in [-0.3, -0.25) is 10.1 Å². The van der Waals surface area contributed by atoms with Crippen LogP contribution >= 0.6 is 11.8 Å². The quantitative estimate of drug-likeness (QED) is 0.669. The molecule has 1 unspecified atom stereocenters.